The Hall–Kier alpha value is -4.02. The summed E-state index contributed by atoms with van der Waals surface area (Å²) in [5.41, 5.74) is 9.87. The molecule has 0 bridgehead atoms. The first-order valence-corrected chi connectivity index (χ1v) is 12.2. The van der Waals surface area contributed by atoms with Crippen LogP contribution < -0.4 is 5.46 Å². The van der Waals surface area contributed by atoms with Crippen LogP contribution in [0.5, 0.6) is 0 Å². The second kappa shape index (κ2) is 8.97. The monoisotopic (exact) mass is 471 g/mol. The van der Waals surface area contributed by atoms with Gasteiger partial charge in [0.2, 0.25) is 0 Å². The molecule has 0 radical (unpaired) electrons. The quantitative estimate of drug-likeness (QED) is 0.254. The molecule has 6 aromatic rings. The van der Waals surface area contributed by atoms with Crippen LogP contribution >= 0.6 is 11.6 Å². The zero-order valence-electron chi connectivity index (χ0n) is 19.3. The lowest BCUT2D eigenvalue weighted by Crippen LogP contribution is -2.08. The number of aromatic nitrogens is 3. The highest BCUT2D eigenvalue weighted by Crippen LogP contribution is 2.36. The van der Waals surface area contributed by atoms with Gasteiger partial charge in [0.05, 0.1) is 11.4 Å². The van der Waals surface area contributed by atoms with Gasteiger partial charge in [-0.2, -0.15) is 0 Å². The number of rotatable bonds is 5. The normalized spacial score (nSPS) is 11.1. The van der Waals surface area contributed by atoms with E-state index in [0.717, 1.165) is 46.7 Å². The fourth-order valence-electron chi connectivity index (χ4n) is 4.57. The molecule has 0 aliphatic heterocycles. The second-order valence-corrected chi connectivity index (χ2v) is 9.13. The van der Waals surface area contributed by atoms with Crippen LogP contribution in [-0.4, -0.2) is 22.2 Å². The Kier molecular flexibility index (Phi) is 5.52. The number of fused-ring (bicyclic) bond motifs is 1. The van der Waals surface area contributed by atoms with Gasteiger partial charge in [-0.05, 0) is 29.3 Å². The van der Waals surface area contributed by atoms with Crippen molar-refractivity contribution in [2.45, 2.75) is 6.82 Å². The molecule has 2 N–H and O–H groups in total. The van der Waals surface area contributed by atoms with Crippen molar-refractivity contribution in [3.05, 3.63) is 108 Å². The predicted molar refractivity (Wildman–Crippen MR) is 150 cm³/mol. The van der Waals surface area contributed by atoms with Gasteiger partial charge in [-0.25, -0.2) is 4.98 Å². The van der Waals surface area contributed by atoms with Crippen molar-refractivity contribution in [3.8, 4) is 45.0 Å². The van der Waals surface area contributed by atoms with Crippen LogP contribution in [0.15, 0.2) is 103 Å². The van der Waals surface area contributed by atoms with Crippen molar-refractivity contribution in [2.75, 3.05) is 0 Å². The summed E-state index contributed by atoms with van der Waals surface area (Å²) in [6.07, 6.45) is 2.04. The fraction of sp³-hybridized carbons (Fsp3) is 0.0333. The zero-order valence-corrected chi connectivity index (χ0v) is 20.1. The lowest BCUT2D eigenvalue weighted by Gasteiger charge is -2.06. The minimum Gasteiger partial charge on any atom is -0.360 e. The van der Waals surface area contributed by atoms with E-state index in [1.54, 1.807) is 0 Å². The Morgan fingerprint density at radius 2 is 1.43 bits per heavy atom. The third-order valence-corrected chi connectivity index (χ3v) is 6.76. The third kappa shape index (κ3) is 4.07. The lowest BCUT2D eigenvalue weighted by molar-refractivity contribution is 1.31. The van der Waals surface area contributed by atoms with E-state index < -0.39 is 0 Å². The van der Waals surface area contributed by atoms with E-state index in [-0.39, 0.29) is 0 Å². The Balaban J connectivity index is 1.49. The molecule has 0 aliphatic rings. The van der Waals surface area contributed by atoms with E-state index in [0.29, 0.717) is 5.02 Å². The molecule has 0 atom stereocenters. The largest absolute Gasteiger partial charge is 0.360 e. The summed E-state index contributed by atoms with van der Waals surface area (Å²) in [5, 5.41) is 1.88. The molecule has 0 spiro atoms. The minimum absolute atomic E-state index is 0.710. The van der Waals surface area contributed by atoms with Crippen molar-refractivity contribution >= 4 is 35.2 Å². The van der Waals surface area contributed by atoms with Gasteiger partial charge >= 0.3 is 0 Å². The Morgan fingerprint density at radius 1 is 0.743 bits per heavy atom. The molecule has 5 heteroatoms. The molecule has 0 aliphatic carbocycles. The average Bonchev–Trinajstić information content (AvgIpc) is 3.54. The van der Waals surface area contributed by atoms with Crippen molar-refractivity contribution in [1.82, 2.24) is 15.0 Å². The molecule has 2 aromatic heterocycles. The number of aromatic amines is 2. The molecule has 0 saturated carbocycles. The average molecular weight is 472 g/mol. The van der Waals surface area contributed by atoms with Crippen LogP contribution in [0.3, 0.4) is 0 Å². The molecule has 4 aromatic carbocycles. The molecule has 0 amide bonds. The first-order chi connectivity index (χ1) is 17.2. The molecular weight excluding hydrogens is 449 g/mol. The number of benzene rings is 4. The molecule has 0 saturated heterocycles. The van der Waals surface area contributed by atoms with Crippen LogP contribution in [0, 0.1) is 0 Å². The van der Waals surface area contributed by atoms with Crippen molar-refractivity contribution < 1.29 is 0 Å². The molecule has 168 valence electrons. The zero-order chi connectivity index (χ0) is 23.8. The first-order valence-electron chi connectivity index (χ1n) is 11.8. The van der Waals surface area contributed by atoms with Crippen molar-refractivity contribution in [2.24, 2.45) is 0 Å². The van der Waals surface area contributed by atoms with Crippen LogP contribution in [0.4, 0.5) is 0 Å². The van der Waals surface area contributed by atoms with Gasteiger partial charge in [0.25, 0.3) is 0 Å². The van der Waals surface area contributed by atoms with Gasteiger partial charge in [-0.1, -0.05) is 103 Å². The topological polar surface area (TPSA) is 44.5 Å². The second-order valence-electron chi connectivity index (χ2n) is 8.70. The Bertz CT molecular complexity index is 1610. The van der Waals surface area contributed by atoms with E-state index in [1.165, 1.54) is 22.0 Å². The molecule has 35 heavy (non-hydrogen) atoms. The molecule has 6 rings (SSSR count). The predicted octanol–water partition coefficient (Wildman–Crippen LogP) is 7.32. The minimum atomic E-state index is 0.710. The number of nitrogens with zero attached hydrogens (tertiary/aromatic N) is 1. The number of hydrogen-bond donors (Lipinski definition) is 2. The van der Waals surface area contributed by atoms with Gasteiger partial charge in [0, 0.05) is 38.8 Å². The van der Waals surface area contributed by atoms with Gasteiger partial charge in [0.15, 0.2) is 7.28 Å². The van der Waals surface area contributed by atoms with Crippen molar-refractivity contribution in [3.63, 3.8) is 0 Å². The van der Waals surface area contributed by atoms with E-state index in [2.05, 4.69) is 83.5 Å². The van der Waals surface area contributed by atoms with Crippen LogP contribution in [0.2, 0.25) is 11.8 Å². The Labute approximate surface area is 210 Å². The van der Waals surface area contributed by atoms with E-state index in [1.807, 2.05) is 36.5 Å². The Morgan fingerprint density at radius 3 is 2.17 bits per heavy atom. The highest BCUT2D eigenvalue weighted by molar-refractivity contribution is 6.52. The maximum atomic E-state index is 6.18. The number of nitrogens with one attached hydrogen (secondary N) is 2. The summed E-state index contributed by atoms with van der Waals surface area (Å²) in [6, 6.07) is 33.5. The molecule has 0 unspecified atom stereocenters. The van der Waals surface area contributed by atoms with Crippen LogP contribution in [0.25, 0.3) is 55.9 Å². The number of H-pyrrole nitrogens is 2. The number of halogens is 1. The number of imidazole rings is 1. The van der Waals surface area contributed by atoms with E-state index in [9.17, 15) is 0 Å². The van der Waals surface area contributed by atoms with E-state index in [4.69, 9.17) is 16.6 Å². The molecule has 3 nitrogen and oxygen atoms in total. The van der Waals surface area contributed by atoms with Gasteiger partial charge in [-0.3, -0.25) is 0 Å². The third-order valence-electron chi connectivity index (χ3n) is 6.51. The smallest absolute Gasteiger partial charge is 0.154 e. The first kappa shape index (κ1) is 21.5. The fourth-order valence-corrected chi connectivity index (χ4v) is 4.70. The van der Waals surface area contributed by atoms with Crippen molar-refractivity contribution in [1.29, 1.82) is 0 Å². The van der Waals surface area contributed by atoms with Gasteiger partial charge in [0.1, 0.15) is 5.82 Å². The highest BCUT2D eigenvalue weighted by Gasteiger charge is 2.18. The summed E-state index contributed by atoms with van der Waals surface area (Å²) in [5.74, 6) is 0.844. The lowest BCUT2D eigenvalue weighted by atomic mass is 9.73. The maximum Gasteiger partial charge on any atom is 0.154 e. The van der Waals surface area contributed by atoms with Gasteiger partial charge < -0.3 is 9.97 Å². The number of hydrogen-bond acceptors (Lipinski definition) is 1. The van der Waals surface area contributed by atoms with Crippen LogP contribution in [-0.2, 0) is 0 Å². The summed E-state index contributed by atoms with van der Waals surface area (Å²) < 4.78 is 0. The van der Waals surface area contributed by atoms with Gasteiger partial charge in [-0.15, -0.1) is 0 Å². The molecule has 0 fully saturated rings. The van der Waals surface area contributed by atoms with Crippen LogP contribution in [0.1, 0.15) is 0 Å². The van der Waals surface area contributed by atoms with E-state index >= 15 is 0 Å². The molecular formula is C30H23BClN3. The highest BCUT2D eigenvalue weighted by atomic mass is 35.5. The standard InChI is InChI=1S/C30H23BClN3/c1-31-23-13-16-27-25(17-23)26(18-33-27)30-34-28(29(35-30)22-11-14-24(32)15-12-22)21-9-7-20(8-10-21)19-5-3-2-4-6-19/h2-18,31,33H,1H3,(H,34,35). The molecule has 2 heterocycles. The summed E-state index contributed by atoms with van der Waals surface area (Å²) in [7, 11) is 0.994. The maximum absolute atomic E-state index is 6.18. The summed E-state index contributed by atoms with van der Waals surface area (Å²) >= 11 is 6.18. The summed E-state index contributed by atoms with van der Waals surface area (Å²) in [4.78, 5) is 12.1. The summed E-state index contributed by atoms with van der Waals surface area (Å²) in [6.45, 7) is 2.18. The SMILES string of the molecule is CBc1ccc2[nH]cc(-c3nc(-c4ccc(Cl)cc4)c(-c4ccc(-c5ccccc5)cc4)[nH]3)c2c1.